The highest BCUT2D eigenvalue weighted by Crippen LogP contribution is 2.33. The van der Waals surface area contributed by atoms with Gasteiger partial charge in [-0.25, -0.2) is 9.97 Å². The van der Waals surface area contributed by atoms with Crippen LogP contribution in [0.1, 0.15) is 37.5 Å². The number of pyridine rings is 1. The zero-order chi connectivity index (χ0) is 12.5. The minimum absolute atomic E-state index is 0.530. The molecule has 5 heteroatoms. The third-order valence-electron chi connectivity index (χ3n) is 3.58. The number of halogens is 2. The Morgan fingerprint density at radius 1 is 1.33 bits per heavy atom. The highest BCUT2D eigenvalue weighted by molar-refractivity contribution is 6.31. The zero-order valence-corrected chi connectivity index (χ0v) is 11.6. The average Bonchev–Trinajstić information content (AvgIpc) is 2.95. The van der Waals surface area contributed by atoms with Crippen LogP contribution in [0.15, 0.2) is 12.3 Å². The molecule has 0 amide bonds. The van der Waals surface area contributed by atoms with Crippen molar-refractivity contribution in [3.05, 3.63) is 23.1 Å². The number of alkyl halides is 1. The van der Waals surface area contributed by atoms with Crippen molar-refractivity contribution in [3.63, 3.8) is 0 Å². The molecular formula is C13H15Cl2N3. The summed E-state index contributed by atoms with van der Waals surface area (Å²) in [6.45, 7) is 0. The van der Waals surface area contributed by atoms with E-state index in [9.17, 15) is 0 Å². The summed E-state index contributed by atoms with van der Waals surface area (Å²) in [6, 6.07) is 2.41. The fourth-order valence-electron chi connectivity index (χ4n) is 2.81. The molecule has 0 spiro atoms. The Balaban J connectivity index is 2.14. The van der Waals surface area contributed by atoms with E-state index in [-0.39, 0.29) is 0 Å². The number of hydrogen-bond acceptors (Lipinski definition) is 2. The first-order valence-corrected chi connectivity index (χ1v) is 7.29. The van der Waals surface area contributed by atoms with Gasteiger partial charge in [0.15, 0.2) is 5.65 Å². The van der Waals surface area contributed by atoms with Crippen molar-refractivity contribution < 1.29 is 0 Å². The highest BCUT2D eigenvalue weighted by atomic mass is 35.5. The maximum atomic E-state index is 5.98. The second-order valence-corrected chi connectivity index (χ2v) is 5.59. The predicted molar refractivity (Wildman–Crippen MR) is 74.5 cm³/mol. The molecule has 0 saturated heterocycles. The third kappa shape index (κ3) is 2.10. The van der Waals surface area contributed by atoms with Gasteiger partial charge in [-0.2, -0.15) is 0 Å². The van der Waals surface area contributed by atoms with Gasteiger partial charge < -0.3 is 4.57 Å². The number of rotatable bonds is 3. The summed E-state index contributed by atoms with van der Waals surface area (Å²) >= 11 is 11.9. The Kier molecular flexibility index (Phi) is 3.44. The molecule has 1 saturated carbocycles. The van der Waals surface area contributed by atoms with Gasteiger partial charge in [0.25, 0.3) is 0 Å². The molecule has 1 fully saturated rings. The van der Waals surface area contributed by atoms with Crippen LogP contribution in [0.4, 0.5) is 0 Å². The van der Waals surface area contributed by atoms with Gasteiger partial charge >= 0.3 is 0 Å². The lowest BCUT2D eigenvalue weighted by molar-refractivity contribution is 0.510. The summed E-state index contributed by atoms with van der Waals surface area (Å²) in [5, 5.41) is 0.635. The fraction of sp³-hybridized carbons (Fsp3) is 0.538. The number of fused-ring (bicyclic) bond motifs is 1. The molecule has 0 bridgehead atoms. The van der Waals surface area contributed by atoms with E-state index in [0.29, 0.717) is 16.9 Å². The van der Waals surface area contributed by atoms with E-state index in [1.54, 1.807) is 6.20 Å². The van der Waals surface area contributed by atoms with Crippen LogP contribution >= 0.6 is 23.2 Å². The number of aryl methyl sites for hydroxylation is 1. The first kappa shape index (κ1) is 12.2. The molecule has 0 radical (unpaired) electrons. The van der Waals surface area contributed by atoms with Crippen molar-refractivity contribution in [2.24, 2.45) is 0 Å². The van der Waals surface area contributed by atoms with Crippen LogP contribution < -0.4 is 0 Å². The van der Waals surface area contributed by atoms with E-state index in [1.807, 2.05) is 6.07 Å². The topological polar surface area (TPSA) is 30.7 Å². The van der Waals surface area contributed by atoms with Gasteiger partial charge in [-0.15, -0.1) is 11.6 Å². The van der Waals surface area contributed by atoms with E-state index >= 15 is 0 Å². The van der Waals surface area contributed by atoms with Crippen molar-refractivity contribution in [3.8, 4) is 0 Å². The minimum atomic E-state index is 0.530. The number of hydrogen-bond donors (Lipinski definition) is 0. The molecule has 0 N–H and O–H groups in total. The molecule has 1 aliphatic carbocycles. The van der Waals surface area contributed by atoms with Crippen LogP contribution in [-0.4, -0.2) is 20.4 Å². The molecule has 0 atom stereocenters. The summed E-state index contributed by atoms with van der Waals surface area (Å²) in [7, 11) is 0. The Hall–Kier alpha value is -0.800. The summed E-state index contributed by atoms with van der Waals surface area (Å²) in [5.74, 6) is 1.63. The lowest BCUT2D eigenvalue weighted by Gasteiger charge is -2.15. The molecule has 1 aliphatic rings. The molecule has 3 rings (SSSR count). The second-order valence-electron chi connectivity index (χ2n) is 4.77. The van der Waals surface area contributed by atoms with Crippen molar-refractivity contribution in [2.75, 3.05) is 5.88 Å². The standard InChI is InChI=1S/C13H15Cl2N3/c14-6-5-12-17-11-7-9(15)8-16-13(11)18(12)10-3-1-2-4-10/h7-8,10H,1-6H2. The van der Waals surface area contributed by atoms with E-state index in [4.69, 9.17) is 23.2 Å². The van der Waals surface area contributed by atoms with Gasteiger partial charge in [-0.3, -0.25) is 0 Å². The zero-order valence-electron chi connectivity index (χ0n) is 10.1. The molecular weight excluding hydrogens is 269 g/mol. The fourth-order valence-corrected chi connectivity index (χ4v) is 3.13. The van der Waals surface area contributed by atoms with Gasteiger partial charge in [0.1, 0.15) is 11.3 Å². The molecule has 0 aliphatic heterocycles. The lowest BCUT2D eigenvalue weighted by atomic mass is 10.2. The average molecular weight is 284 g/mol. The Labute approximate surface area is 116 Å². The van der Waals surface area contributed by atoms with Crippen LogP contribution in [-0.2, 0) is 6.42 Å². The molecule has 2 aromatic heterocycles. The summed E-state index contributed by atoms with van der Waals surface area (Å²) in [6.07, 6.45) is 7.49. The van der Waals surface area contributed by atoms with Crippen LogP contribution in [0, 0.1) is 0 Å². The summed E-state index contributed by atoms with van der Waals surface area (Å²) < 4.78 is 2.28. The number of aromatic nitrogens is 3. The third-order valence-corrected chi connectivity index (χ3v) is 3.97. The monoisotopic (exact) mass is 283 g/mol. The van der Waals surface area contributed by atoms with Gasteiger partial charge in [0.2, 0.25) is 0 Å². The molecule has 2 aromatic rings. The maximum Gasteiger partial charge on any atom is 0.160 e. The Morgan fingerprint density at radius 2 is 2.11 bits per heavy atom. The molecule has 3 nitrogen and oxygen atoms in total. The quantitative estimate of drug-likeness (QED) is 0.798. The molecule has 18 heavy (non-hydrogen) atoms. The van der Waals surface area contributed by atoms with E-state index in [2.05, 4.69) is 14.5 Å². The minimum Gasteiger partial charge on any atom is -0.310 e. The van der Waals surface area contributed by atoms with Crippen LogP contribution in [0.2, 0.25) is 5.02 Å². The van der Waals surface area contributed by atoms with Crippen molar-refractivity contribution in [2.45, 2.75) is 38.1 Å². The van der Waals surface area contributed by atoms with Gasteiger partial charge in [0, 0.05) is 24.5 Å². The summed E-state index contributed by atoms with van der Waals surface area (Å²) in [5.41, 5.74) is 1.83. The smallest absolute Gasteiger partial charge is 0.160 e. The first-order valence-electron chi connectivity index (χ1n) is 6.38. The van der Waals surface area contributed by atoms with Crippen molar-refractivity contribution in [1.82, 2.24) is 14.5 Å². The Morgan fingerprint density at radius 3 is 2.83 bits per heavy atom. The van der Waals surface area contributed by atoms with Crippen LogP contribution in [0.25, 0.3) is 11.2 Å². The van der Waals surface area contributed by atoms with Crippen LogP contribution in [0.5, 0.6) is 0 Å². The van der Waals surface area contributed by atoms with Gasteiger partial charge in [-0.1, -0.05) is 24.4 Å². The number of imidazole rings is 1. The van der Waals surface area contributed by atoms with Crippen LogP contribution in [0.3, 0.4) is 0 Å². The number of nitrogens with zero attached hydrogens (tertiary/aromatic N) is 3. The van der Waals surface area contributed by atoms with Crippen molar-refractivity contribution >= 4 is 34.4 Å². The first-order chi connectivity index (χ1) is 8.79. The maximum absolute atomic E-state index is 5.98. The molecule has 96 valence electrons. The second kappa shape index (κ2) is 5.06. The summed E-state index contributed by atoms with van der Waals surface area (Å²) in [4.78, 5) is 9.09. The molecule has 0 unspecified atom stereocenters. The highest BCUT2D eigenvalue weighted by Gasteiger charge is 2.23. The molecule has 2 heterocycles. The largest absolute Gasteiger partial charge is 0.310 e. The van der Waals surface area contributed by atoms with Gasteiger partial charge in [-0.05, 0) is 18.9 Å². The van der Waals surface area contributed by atoms with E-state index in [1.165, 1.54) is 25.7 Å². The Bertz CT molecular complexity index is 559. The molecule has 0 aromatic carbocycles. The van der Waals surface area contributed by atoms with Crippen molar-refractivity contribution in [1.29, 1.82) is 0 Å². The van der Waals surface area contributed by atoms with E-state index in [0.717, 1.165) is 23.4 Å². The normalized spacial score (nSPS) is 16.8. The predicted octanol–water partition coefficient (Wildman–Crippen LogP) is 3.98. The van der Waals surface area contributed by atoms with Gasteiger partial charge in [0.05, 0.1) is 5.02 Å². The SMILES string of the molecule is ClCCc1nc2cc(Cl)cnc2n1C1CCCC1. The van der Waals surface area contributed by atoms with E-state index < -0.39 is 0 Å². The lowest BCUT2D eigenvalue weighted by Crippen LogP contribution is -2.10.